The van der Waals surface area contributed by atoms with Crippen LogP contribution < -0.4 is 0 Å². The van der Waals surface area contributed by atoms with Gasteiger partial charge in [-0.15, -0.1) is 0 Å². The number of hydrogen-bond donors (Lipinski definition) is 1. The lowest BCUT2D eigenvalue weighted by molar-refractivity contribution is 0.627. The summed E-state index contributed by atoms with van der Waals surface area (Å²) in [6.45, 7) is 0. The largest absolute Gasteiger partial charge is 0.305 e. The van der Waals surface area contributed by atoms with Crippen LogP contribution in [0.25, 0.3) is 5.57 Å². The lowest BCUT2D eigenvalue weighted by Gasteiger charge is -2.14. The zero-order chi connectivity index (χ0) is 9.97. The van der Waals surface area contributed by atoms with E-state index in [0.717, 1.165) is 30.4 Å². The molecule has 0 atom stereocenters. The summed E-state index contributed by atoms with van der Waals surface area (Å²) >= 11 is 0. The van der Waals surface area contributed by atoms with Crippen molar-refractivity contribution in [3.8, 4) is 0 Å². The van der Waals surface area contributed by atoms with Gasteiger partial charge in [0, 0.05) is 5.71 Å². The molecule has 0 unspecified atom stereocenters. The van der Waals surface area contributed by atoms with Crippen molar-refractivity contribution < 1.29 is 4.39 Å². The predicted molar refractivity (Wildman–Crippen MR) is 56.0 cm³/mol. The number of allylic oxidation sites excluding steroid dienone is 2. The number of hydrogen-bond acceptors (Lipinski definition) is 1. The Balaban J connectivity index is 2.34. The van der Waals surface area contributed by atoms with Gasteiger partial charge in [0.2, 0.25) is 0 Å². The van der Waals surface area contributed by atoms with E-state index in [1.807, 2.05) is 0 Å². The fourth-order valence-electron chi connectivity index (χ4n) is 1.70. The SMILES string of the molecule is N=C1CCCC=C1c1ccc(F)cc1. The highest BCUT2D eigenvalue weighted by Crippen LogP contribution is 2.23. The Morgan fingerprint density at radius 1 is 1.14 bits per heavy atom. The zero-order valence-electron chi connectivity index (χ0n) is 7.89. The molecule has 0 bridgehead atoms. The molecule has 0 radical (unpaired) electrons. The van der Waals surface area contributed by atoms with Crippen LogP contribution in [0, 0.1) is 11.2 Å². The summed E-state index contributed by atoms with van der Waals surface area (Å²) in [5.74, 6) is -0.225. The molecule has 0 saturated carbocycles. The predicted octanol–water partition coefficient (Wildman–Crippen LogP) is 3.41. The van der Waals surface area contributed by atoms with E-state index in [0.29, 0.717) is 5.71 Å². The van der Waals surface area contributed by atoms with Crippen LogP contribution >= 0.6 is 0 Å². The van der Waals surface area contributed by atoms with Crippen LogP contribution in [0.1, 0.15) is 24.8 Å². The molecule has 0 amide bonds. The molecule has 14 heavy (non-hydrogen) atoms. The Morgan fingerprint density at radius 2 is 1.86 bits per heavy atom. The smallest absolute Gasteiger partial charge is 0.123 e. The van der Waals surface area contributed by atoms with Crippen molar-refractivity contribution >= 4 is 11.3 Å². The van der Waals surface area contributed by atoms with Crippen LogP contribution in [-0.2, 0) is 0 Å². The van der Waals surface area contributed by atoms with Crippen molar-refractivity contribution in [2.45, 2.75) is 19.3 Å². The molecule has 0 heterocycles. The van der Waals surface area contributed by atoms with Crippen molar-refractivity contribution in [2.75, 3.05) is 0 Å². The van der Waals surface area contributed by atoms with Crippen LogP contribution in [0.15, 0.2) is 30.3 Å². The summed E-state index contributed by atoms with van der Waals surface area (Å²) in [5.41, 5.74) is 2.59. The molecule has 0 spiro atoms. The minimum atomic E-state index is -0.225. The molecule has 0 aromatic heterocycles. The third-order valence-electron chi connectivity index (χ3n) is 2.46. The third-order valence-corrected chi connectivity index (χ3v) is 2.46. The fourth-order valence-corrected chi connectivity index (χ4v) is 1.70. The summed E-state index contributed by atoms with van der Waals surface area (Å²) in [6, 6.07) is 6.36. The summed E-state index contributed by atoms with van der Waals surface area (Å²) in [7, 11) is 0. The second-order valence-corrected chi connectivity index (χ2v) is 3.50. The van der Waals surface area contributed by atoms with E-state index in [4.69, 9.17) is 5.41 Å². The van der Waals surface area contributed by atoms with Gasteiger partial charge in [-0.3, -0.25) is 0 Å². The van der Waals surface area contributed by atoms with Gasteiger partial charge in [-0.25, -0.2) is 4.39 Å². The summed E-state index contributed by atoms with van der Waals surface area (Å²) < 4.78 is 12.7. The number of rotatable bonds is 1. The van der Waals surface area contributed by atoms with E-state index in [1.54, 1.807) is 12.1 Å². The van der Waals surface area contributed by atoms with E-state index in [2.05, 4.69) is 6.08 Å². The number of benzene rings is 1. The Morgan fingerprint density at radius 3 is 2.50 bits per heavy atom. The molecule has 0 aliphatic heterocycles. The van der Waals surface area contributed by atoms with E-state index < -0.39 is 0 Å². The molecule has 1 aliphatic carbocycles. The van der Waals surface area contributed by atoms with Crippen molar-refractivity contribution in [3.05, 3.63) is 41.7 Å². The van der Waals surface area contributed by atoms with Crippen LogP contribution in [0.3, 0.4) is 0 Å². The highest BCUT2D eigenvalue weighted by Gasteiger charge is 2.11. The van der Waals surface area contributed by atoms with E-state index in [9.17, 15) is 4.39 Å². The molecular weight excluding hydrogens is 177 g/mol. The summed E-state index contributed by atoms with van der Waals surface area (Å²) in [4.78, 5) is 0. The number of nitrogens with one attached hydrogen (secondary N) is 1. The van der Waals surface area contributed by atoms with Gasteiger partial charge in [0.15, 0.2) is 0 Å². The zero-order valence-corrected chi connectivity index (χ0v) is 7.89. The van der Waals surface area contributed by atoms with Crippen molar-refractivity contribution in [1.29, 1.82) is 5.41 Å². The average molecular weight is 189 g/mol. The second-order valence-electron chi connectivity index (χ2n) is 3.50. The molecular formula is C12H12FN. The van der Waals surface area contributed by atoms with Crippen LogP contribution in [-0.4, -0.2) is 5.71 Å². The Hall–Kier alpha value is -1.44. The molecule has 1 aliphatic rings. The van der Waals surface area contributed by atoms with Gasteiger partial charge in [-0.2, -0.15) is 0 Å². The van der Waals surface area contributed by atoms with Crippen molar-refractivity contribution in [2.24, 2.45) is 0 Å². The maximum Gasteiger partial charge on any atom is 0.123 e. The molecule has 2 rings (SSSR count). The van der Waals surface area contributed by atoms with Gasteiger partial charge in [0.05, 0.1) is 0 Å². The Labute approximate surface area is 82.8 Å². The lowest BCUT2D eigenvalue weighted by Crippen LogP contribution is -2.04. The Kier molecular flexibility index (Phi) is 2.44. The van der Waals surface area contributed by atoms with E-state index in [1.165, 1.54) is 12.1 Å². The minimum absolute atomic E-state index is 0.225. The summed E-state index contributed by atoms with van der Waals surface area (Å²) in [6.07, 6.45) is 4.99. The normalized spacial score (nSPS) is 16.6. The first-order chi connectivity index (χ1) is 6.77. The van der Waals surface area contributed by atoms with Crippen LogP contribution in [0.2, 0.25) is 0 Å². The van der Waals surface area contributed by atoms with Crippen LogP contribution in [0.5, 0.6) is 0 Å². The maximum absolute atomic E-state index is 12.7. The van der Waals surface area contributed by atoms with E-state index in [-0.39, 0.29) is 5.82 Å². The van der Waals surface area contributed by atoms with Gasteiger partial charge in [0.1, 0.15) is 5.82 Å². The van der Waals surface area contributed by atoms with Crippen molar-refractivity contribution in [1.82, 2.24) is 0 Å². The standard InChI is InChI=1S/C12H12FN/c13-10-7-5-9(6-8-10)11-3-1-2-4-12(11)14/h3,5-8,14H,1-2,4H2. The van der Waals surface area contributed by atoms with Gasteiger partial charge in [-0.05, 0) is 42.5 Å². The van der Waals surface area contributed by atoms with E-state index >= 15 is 0 Å². The molecule has 0 saturated heterocycles. The second kappa shape index (κ2) is 3.74. The van der Waals surface area contributed by atoms with Crippen LogP contribution in [0.4, 0.5) is 4.39 Å². The van der Waals surface area contributed by atoms with Gasteiger partial charge in [-0.1, -0.05) is 18.2 Å². The molecule has 0 fully saturated rings. The molecule has 1 N–H and O–H groups in total. The quantitative estimate of drug-likeness (QED) is 0.700. The Bertz CT molecular complexity index is 376. The molecule has 1 aromatic carbocycles. The first kappa shape index (κ1) is 9.13. The van der Waals surface area contributed by atoms with Crippen molar-refractivity contribution in [3.63, 3.8) is 0 Å². The average Bonchev–Trinajstić information content (AvgIpc) is 2.20. The molecule has 2 heteroatoms. The maximum atomic E-state index is 12.7. The topological polar surface area (TPSA) is 23.9 Å². The number of halogens is 1. The molecule has 1 nitrogen and oxygen atoms in total. The molecule has 72 valence electrons. The minimum Gasteiger partial charge on any atom is -0.305 e. The monoisotopic (exact) mass is 189 g/mol. The summed E-state index contributed by atoms with van der Waals surface area (Å²) in [5, 5.41) is 7.77. The highest BCUT2D eigenvalue weighted by atomic mass is 19.1. The van der Waals surface area contributed by atoms with Gasteiger partial charge in [0.25, 0.3) is 0 Å². The first-order valence-corrected chi connectivity index (χ1v) is 4.81. The van der Waals surface area contributed by atoms with Gasteiger partial charge < -0.3 is 5.41 Å². The lowest BCUT2D eigenvalue weighted by atomic mass is 9.92. The highest BCUT2D eigenvalue weighted by molar-refractivity contribution is 6.22. The van der Waals surface area contributed by atoms with Gasteiger partial charge >= 0.3 is 0 Å². The molecule has 1 aromatic rings. The fraction of sp³-hybridized carbons (Fsp3) is 0.250. The first-order valence-electron chi connectivity index (χ1n) is 4.81. The third kappa shape index (κ3) is 1.74.